The molecule has 0 bridgehead atoms. The predicted octanol–water partition coefficient (Wildman–Crippen LogP) is 3.00. The molecule has 0 N–H and O–H groups in total. The number of aromatic nitrogens is 1. The fraction of sp³-hybridized carbons (Fsp3) is 0.444. The molecule has 4 heteroatoms. The van der Waals surface area contributed by atoms with Crippen molar-refractivity contribution in [2.24, 2.45) is 0 Å². The molecule has 0 unspecified atom stereocenters. The first-order valence-corrected chi connectivity index (χ1v) is 5.76. The van der Waals surface area contributed by atoms with Gasteiger partial charge in [0.25, 0.3) is 0 Å². The number of hydrogen-bond acceptors (Lipinski definition) is 3. The maximum Gasteiger partial charge on any atom is 0.146 e. The molecule has 1 fully saturated rings. The summed E-state index contributed by atoms with van der Waals surface area (Å²) in [4.78, 5) is 4.94. The van der Waals surface area contributed by atoms with Crippen molar-refractivity contribution in [3.05, 3.63) is 17.4 Å². The molecule has 2 nitrogen and oxygen atoms in total. The second-order valence-corrected chi connectivity index (χ2v) is 4.12. The van der Waals surface area contributed by atoms with Gasteiger partial charge in [-0.05, 0) is 25.2 Å². The van der Waals surface area contributed by atoms with E-state index < -0.39 is 0 Å². The third kappa shape index (κ3) is 2.09. The monoisotopic (exact) mass is 215 g/mol. The van der Waals surface area contributed by atoms with Crippen LogP contribution >= 0.6 is 23.4 Å². The highest BCUT2D eigenvalue weighted by molar-refractivity contribution is 7.98. The number of pyridine rings is 1. The smallest absolute Gasteiger partial charge is 0.146 e. The van der Waals surface area contributed by atoms with Crippen LogP contribution in [-0.2, 0) is 0 Å². The van der Waals surface area contributed by atoms with Crippen LogP contribution in [0.5, 0.6) is 5.75 Å². The first kappa shape index (κ1) is 9.16. The minimum absolute atomic E-state index is 0.407. The normalized spacial score (nSPS) is 15.8. The summed E-state index contributed by atoms with van der Waals surface area (Å²) in [6, 6.07) is 1.87. The summed E-state index contributed by atoms with van der Waals surface area (Å²) >= 11 is 7.49. The third-order valence-electron chi connectivity index (χ3n) is 1.85. The van der Waals surface area contributed by atoms with Gasteiger partial charge in [-0.1, -0.05) is 11.6 Å². The molecule has 0 aromatic carbocycles. The van der Waals surface area contributed by atoms with Gasteiger partial charge in [-0.3, -0.25) is 0 Å². The van der Waals surface area contributed by atoms with Crippen LogP contribution in [0.25, 0.3) is 0 Å². The summed E-state index contributed by atoms with van der Waals surface area (Å²) in [7, 11) is 0. The number of halogens is 1. The van der Waals surface area contributed by atoms with E-state index in [-0.39, 0.29) is 0 Å². The molecule has 1 aromatic heterocycles. The molecule has 0 radical (unpaired) electrons. The van der Waals surface area contributed by atoms with E-state index in [0.29, 0.717) is 11.3 Å². The number of rotatable bonds is 3. The zero-order chi connectivity index (χ0) is 9.26. The van der Waals surface area contributed by atoms with Crippen LogP contribution in [0.4, 0.5) is 0 Å². The Labute approximate surface area is 86.6 Å². The van der Waals surface area contributed by atoms with Crippen LogP contribution in [0, 0.1) is 0 Å². The maximum absolute atomic E-state index is 5.92. The molecule has 0 aliphatic heterocycles. The van der Waals surface area contributed by atoms with Crippen molar-refractivity contribution >= 4 is 23.4 Å². The Balaban J connectivity index is 2.25. The van der Waals surface area contributed by atoms with Crippen LogP contribution in [0.2, 0.25) is 5.15 Å². The van der Waals surface area contributed by atoms with E-state index in [9.17, 15) is 0 Å². The Morgan fingerprint density at radius 2 is 2.38 bits per heavy atom. The molecule has 0 saturated heterocycles. The topological polar surface area (TPSA) is 22.1 Å². The summed E-state index contributed by atoms with van der Waals surface area (Å²) in [5.74, 6) is 0.870. The Morgan fingerprint density at radius 3 is 3.00 bits per heavy atom. The maximum atomic E-state index is 5.92. The van der Waals surface area contributed by atoms with Crippen molar-refractivity contribution in [2.75, 3.05) is 6.26 Å². The molecular weight excluding hydrogens is 206 g/mol. The molecule has 1 saturated carbocycles. The molecule has 1 heterocycles. The Bertz CT molecular complexity index is 314. The molecule has 13 heavy (non-hydrogen) atoms. The van der Waals surface area contributed by atoms with Gasteiger partial charge in [0.1, 0.15) is 10.9 Å². The van der Waals surface area contributed by atoms with Gasteiger partial charge >= 0.3 is 0 Å². The van der Waals surface area contributed by atoms with Crippen LogP contribution in [0.1, 0.15) is 12.8 Å². The second-order valence-electron chi connectivity index (χ2n) is 2.95. The van der Waals surface area contributed by atoms with Crippen LogP contribution in [-0.4, -0.2) is 17.3 Å². The highest BCUT2D eigenvalue weighted by Crippen LogP contribution is 2.36. The first-order valence-electron chi connectivity index (χ1n) is 4.16. The van der Waals surface area contributed by atoms with Gasteiger partial charge in [0.2, 0.25) is 0 Å². The first-order chi connectivity index (χ1) is 6.31. The van der Waals surface area contributed by atoms with Crippen molar-refractivity contribution in [3.63, 3.8) is 0 Å². The highest BCUT2D eigenvalue weighted by atomic mass is 35.5. The molecule has 2 rings (SSSR count). The molecular formula is C9H10ClNOS. The minimum atomic E-state index is 0.407. The predicted molar refractivity (Wildman–Crippen MR) is 54.7 cm³/mol. The minimum Gasteiger partial charge on any atom is -0.489 e. The van der Waals surface area contributed by atoms with Crippen molar-refractivity contribution < 1.29 is 4.74 Å². The molecule has 1 aliphatic rings. The van der Waals surface area contributed by atoms with Gasteiger partial charge in [-0.25, -0.2) is 4.98 Å². The fourth-order valence-electron chi connectivity index (χ4n) is 1.05. The molecule has 0 amide bonds. The van der Waals surface area contributed by atoms with E-state index in [1.54, 1.807) is 18.0 Å². The summed E-state index contributed by atoms with van der Waals surface area (Å²) < 4.78 is 5.68. The quantitative estimate of drug-likeness (QED) is 0.572. The van der Waals surface area contributed by atoms with E-state index in [2.05, 4.69) is 4.98 Å². The van der Waals surface area contributed by atoms with E-state index >= 15 is 0 Å². The molecule has 0 spiro atoms. The summed E-state index contributed by atoms with van der Waals surface area (Å²) in [6.45, 7) is 0. The average molecular weight is 216 g/mol. The van der Waals surface area contributed by atoms with E-state index in [1.807, 2.05) is 12.3 Å². The van der Waals surface area contributed by atoms with Crippen LogP contribution in [0.3, 0.4) is 0 Å². The van der Waals surface area contributed by atoms with Gasteiger partial charge in [0.05, 0.1) is 11.0 Å². The lowest BCUT2D eigenvalue weighted by molar-refractivity contribution is 0.295. The zero-order valence-electron chi connectivity index (χ0n) is 7.29. The number of nitrogens with zero attached hydrogens (tertiary/aromatic N) is 1. The van der Waals surface area contributed by atoms with Crippen LogP contribution < -0.4 is 4.74 Å². The zero-order valence-corrected chi connectivity index (χ0v) is 8.86. The molecule has 0 atom stereocenters. The third-order valence-corrected chi connectivity index (χ3v) is 3.05. The summed E-state index contributed by atoms with van der Waals surface area (Å²) in [6.07, 6.45) is 6.38. The van der Waals surface area contributed by atoms with Gasteiger partial charge in [0, 0.05) is 6.20 Å². The van der Waals surface area contributed by atoms with E-state index in [0.717, 1.165) is 23.5 Å². The Hall–Kier alpha value is -0.410. The van der Waals surface area contributed by atoms with Crippen molar-refractivity contribution in [2.45, 2.75) is 23.8 Å². The Morgan fingerprint density at radius 1 is 1.62 bits per heavy atom. The van der Waals surface area contributed by atoms with Gasteiger partial charge in [0.15, 0.2) is 0 Å². The number of thioether (sulfide) groups is 1. The lowest BCUT2D eigenvalue weighted by Crippen LogP contribution is -1.98. The van der Waals surface area contributed by atoms with Crippen molar-refractivity contribution in [1.82, 2.24) is 4.98 Å². The lowest BCUT2D eigenvalue weighted by Gasteiger charge is -2.08. The lowest BCUT2D eigenvalue weighted by atomic mass is 10.4. The number of hydrogen-bond donors (Lipinski definition) is 0. The Kier molecular flexibility index (Phi) is 2.65. The average Bonchev–Trinajstić information content (AvgIpc) is 2.89. The highest BCUT2D eigenvalue weighted by Gasteiger charge is 2.25. The van der Waals surface area contributed by atoms with Crippen molar-refractivity contribution in [1.29, 1.82) is 0 Å². The van der Waals surface area contributed by atoms with Gasteiger partial charge < -0.3 is 4.74 Å². The summed E-state index contributed by atoms with van der Waals surface area (Å²) in [5, 5.41) is 0.533. The second kappa shape index (κ2) is 3.76. The largest absolute Gasteiger partial charge is 0.489 e. The molecule has 1 aromatic rings. The van der Waals surface area contributed by atoms with Crippen LogP contribution in [0.15, 0.2) is 17.2 Å². The fourth-order valence-corrected chi connectivity index (χ4v) is 1.97. The van der Waals surface area contributed by atoms with E-state index in [4.69, 9.17) is 16.3 Å². The van der Waals surface area contributed by atoms with Gasteiger partial charge in [-0.15, -0.1) is 11.8 Å². The summed E-state index contributed by atoms with van der Waals surface area (Å²) in [5.41, 5.74) is 0. The number of ether oxygens (including phenoxy) is 1. The van der Waals surface area contributed by atoms with Gasteiger partial charge in [-0.2, -0.15) is 0 Å². The van der Waals surface area contributed by atoms with Crippen molar-refractivity contribution in [3.8, 4) is 5.75 Å². The standard InChI is InChI=1S/C9H10ClNOS/c1-13-8-7(12-6-2-3-6)4-5-11-9(8)10/h4-6H,2-3H2,1H3. The SMILES string of the molecule is CSc1c(OC2CC2)ccnc1Cl. The molecule has 70 valence electrons. The van der Waals surface area contributed by atoms with E-state index in [1.165, 1.54) is 0 Å². The molecule has 1 aliphatic carbocycles.